The number of pyridine rings is 1. The Bertz CT molecular complexity index is 1250. The first kappa shape index (κ1) is 23.8. The van der Waals surface area contributed by atoms with Crippen molar-refractivity contribution in [3.8, 4) is 17.1 Å². The van der Waals surface area contributed by atoms with Crippen molar-refractivity contribution in [1.29, 1.82) is 0 Å². The number of thioether (sulfide) groups is 1. The average Bonchev–Trinajstić information content (AvgIpc) is 3.26. The third kappa shape index (κ3) is 5.76. The molecule has 0 unspecified atom stereocenters. The summed E-state index contributed by atoms with van der Waals surface area (Å²) < 4.78 is 7.59. The minimum Gasteiger partial charge on any atom is -0.496 e. The molecule has 1 N–H and O–H groups in total. The molecule has 2 aromatic heterocycles. The van der Waals surface area contributed by atoms with Crippen LogP contribution in [0.3, 0.4) is 0 Å². The number of anilines is 1. The second kappa shape index (κ2) is 11.2. The highest BCUT2D eigenvalue weighted by atomic mass is 35.5. The number of hydrogen-bond donors (Lipinski definition) is 1. The number of ether oxygens (including phenoxy) is 1. The molecule has 0 saturated heterocycles. The number of halogens is 1. The number of benzene rings is 2. The van der Waals surface area contributed by atoms with Crippen LogP contribution in [0.5, 0.6) is 5.75 Å². The Morgan fingerprint density at radius 3 is 2.59 bits per heavy atom. The molecule has 34 heavy (non-hydrogen) atoms. The van der Waals surface area contributed by atoms with Gasteiger partial charge in [0.25, 0.3) is 0 Å². The maximum absolute atomic E-state index is 12.8. The van der Waals surface area contributed by atoms with Gasteiger partial charge in [0.05, 0.1) is 22.9 Å². The number of carbonyl (C=O) groups is 1. The van der Waals surface area contributed by atoms with Gasteiger partial charge in [0.2, 0.25) is 5.91 Å². The fourth-order valence-corrected chi connectivity index (χ4v) is 4.37. The van der Waals surface area contributed by atoms with Crippen LogP contribution in [0.2, 0.25) is 5.02 Å². The molecule has 9 heteroatoms. The van der Waals surface area contributed by atoms with E-state index in [1.54, 1.807) is 19.2 Å². The lowest BCUT2D eigenvalue weighted by atomic mass is 10.1. The Morgan fingerprint density at radius 1 is 1.09 bits per heavy atom. The summed E-state index contributed by atoms with van der Waals surface area (Å²) in [7, 11) is 1.64. The lowest BCUT2D eigenvalue weighted by Gasteiger charge is -2.15. The molecule has 174 valence electrons. The van der Waals surface area contributed by atoms with Gasteiger partial charge in [-0.3, -0.25) is 4.79 Å². The Balaban J connectivity index is 1.58. The monoisotopic (exact) mass is 493 g/mol. The van der Waals surface area contributed by atoms with Crippen LogP contribution in [-0.4, -0.2) is 38.0 Å². The minimum atomic E-state index is -0.428. The third-order valence-electron chi connectivity index (χ3n) is 5.16. The molecular weight excluding hydrogens is 470 g/mol. The van der Waals surface area contributed by atoms with E-state index in [2.05, 4.69) is 32.6 Å². The molecule has 0 saturated carbocycles. The molecule has 0 spiro atoms. The number of rotatable bonds is 9. The van der Waals surface area contributed by atoms with Gasteiger partial charge in [0, 0.05) is 12.7 Å². The molecule has 0 fully saturated rings. The SMILES string of the molecule is COc1ccccc1-c1nnc(S[C@@H](C)C(=O)Nc2ccc(Cl)cn2)n1CCc1ccccc1. The van der Waals surface area contributed by atoms with Crippen LogP contribution >= 0.6 is 23.4 Å². The summed E-state index contributed by atoms with van der Waals surface area (Å²) in [5.41, 5.74) is 2.05. The fourth-order valence-electron chi connectivity index (χ4n) is 3.38. The molecule has 7 nitrogen and oxygen atoms in total. The molecule has 0 aliphatic heterocycles. The molecule has 4 aromatic rings. The second-order valence-corrected chi connectivity index (χ2v) is 9.25. The molecule has 0 bridgehead atoms. The Kier molecular flexibility index (Phi) is 7.82. The van der Waals surface area contributed by atoms with E-state index in [9.17, 15) is 4.79 Å². The van der Waals surface area contributed by atoms with Crippen LogP contribution in [0.4, 0.5) is 5.82 Å². The number of methoxy groups -OCH3 is 1. The van der Waals surface area contributed by atoms with Crippen molar-refractivity contribution in [2.24, 2.45) is 0 Å². The van der Waals surface area contributed by atoms with Gasteiger partial charge < -0.3 is 14.6 Å². The highest BCUT2D eigenvalue weighted by Gasteiger charge is 2.22. The summed E-state index contributed by atoms with van der Waals surface area (Å²) in [5, 5.41) is 12.4. The van der Waals surface area contributed by atoms with Crippen molar-refractivity contribution < 1.29 is 9.53 Å². The van der Waals surface area contributed by atoms with E-state index in [1.807, 2.05) is 54.0 Å². The Labute approximate surface area is 207 Å². The predicted molar refractivity (Wildman–Crippen MR) is 135 cm³/mol. The van der Waals surface area contributed by atoms with Gasteiger partial charge >= 0.3 is 0 Å². The zero-order valence-electron chi connectivity index (χ0n) is 18.8. The molecule has 0 aliphatic carbocycles. The number of para-hydroxylation sites is 1. The van der Waals surface area contributed by atoms with Crippen LogP contribution in [0.1, 0.15) is 12.5 Å². The molecule has 1 amide bonds. The number of hydrogen-bond acceptors (Lipinski definition) is 6. The molecule has 0 aliphatic rings. The highest BCUT2D eigenvalue weighted by molar-refractivity contribution is 8.00. The van der Waals surface area contributed by atoms with E-state index in [1.165, 1.54) is 23.5 Å². The molecule has 4 rings (SSSR count). The van der Waals surface area contributed by atoms with Crippen molar-refractivity contribution in [3.05, 3.63) is 83.5 Å². The topological polar surface area (TPSA) is 81.9 Å². The predicted octanol–water partition coefficient (Wildman–Crippen LogP) is 5.36. The fraction of sp³-hybridized carbons (Fsp3) is 0.200. The largest absolute Gasteiger partial charge is 0.496 e. The number of amides is 1. The van der Waals surface area contributed by atoms with E-state index in [0.717, 1.165) is 12.0 Å². The van der Waals surface area contributed by atoms with Crippen LogP contribution in [0.15, 0.2) is 78.1 Å². The number of nitrogens with zero attached hydrogens (tertiary/aromatic N) is 4. The summed E-state index contributed by atoms with van der Waals surface area (Å²) in [4.78, 5) is 16.9. The van der Waals surface area contributed by atoms with Crippen molar-refractivity contribution in [1.82, 2.24) is 19.7 Å². The molecular formula is C25H24ClN5O2S. The van der Waals surface area contributed by atoms with Crippen molar-refractivity contribution >= 4 is 35.1 Å². The Hall–Kier alpha value is -3.36. The summed E-state index contributed by atoms with van der Waals surface area (Å²) in [6, 6.07) is 21.3. The van der Waals surface area contributed by atoms with Gasteiger partial charge in [0.15, 0.2) is 11.0 Å². The summed E-state index contributed by atoms with van der Waals surface area (Å²) in [6.45, 7) is 2.48. The van der Waals surface area contributed by atoms with Crippen LogP contribution in [-0.2, 0) is 17.8 Å². The first-order valence-corrected chi connectivity index (χ1v) is 12.0. The van der Waals surface area contributed by atoms with Gasteiger partial charge in [-0.05, 0) is 43.2 Å². The van der Waals surface area contributed by atoms with Crippen molar-refractivity contribution in [3.63, 3.8) is 0 Å². The first-order valence-electron chi connectivity index (χ1n) is 10.7. The number of aryl methyl sites for hydroxylation is 1. The maximum atomic E-state index is 12.8. The zero-order valence-corrected chi connectivity index (χ0v) is 20.4. The minimum absolute atomic E-state index is 0.184. The van der Waals surface area contributed by atoms with Crippen LogP contribution < -0.4 is 10.1 Å². The van der Waals surface area contributed by atoms with Gasteiger partial charge in [-0.15, -0.1) is 10.2 Å². The summed E-state index contributed by atoms with van der Waals surface area (Å²) >= 11 is 7.23. The van der Waals surface area contributed by atoms with E-state index in [-0.39, 0.29) is 5.91 Å². The Morgan fingerprint density at radius 2 is 1.85 bits per heavy atom. The molecule has 2 aromatic carbocycles. The standard InChI is InChI=1S/C25H24ClN5O2S/c1-17(24(32)28-22-13-12-19(26)16-27-22)34-25-30-29-23(20-10-6-7-11-21(20)33-2)31(25)15-14-18-8-4-3-5-9-18/h3-13,16-17H,14-15H2,1-2H3,(H,27,28,32)/t17-/m0/s1. The summed E-state index contributed by atoms with van der Waals surface area (Å²) in [5.74, 6) is 1.67. The molecule has 2 heterocycles. The molecule has 1 atom stereocenters. The third-order valence-corrected chi connectivity index (χ3v) is 6.47. The van der Waals surface area contributed by atoms with E-state index in [4.69, 9.17) is 16.3 Å². The molecule has 0 radical (unpaired) electrons. The normalized spacial score (nSPS) is 11.7. The first-order chi connectivity index (χ1) is 16.5. The lowest BCUT2D eigenvalue weighted by molar-refractivity contribution is -0.115. The van der Waals surface area contributed by atoms with Crippen LogP contribution in [0.25, 0.3) is 11.4 Å². The number of carbonyl (C=O) groups excluding carboxylic acids is 1. The lowest BCUT2D eigenvalue weighted by Crippen LogP contribution is -2.23. The second-order valence-electron chi connectivity index (χ2n) is 7.50. The summed E-state index contributed by atoms with van der Waals surface area (Å²) in [6.07, 6.45) is 2.29. The number of nitrogens with one attached hydrogen (secondary N) is 1. The van der Waals surface area contributed by atoms with E-state index >= 15 is 0 Å². The van der Waals surface area contributed by atoms with Crippen LogP contribution in [0, 0.1) is 0 Å². The van der Waals surface area contributed by atoms with E-state index in [0.29, 0.717) is 34.1 Å². The van der Waals surface area contributed by atoms with Crippen molar-refractivity contribution in [2.45, 2.75) is 30.3 Å². The van der Waals surface area contributed by atoms with Crippen molar-refractivity contribution in [2.75, 3.05) is 12.4 Å². The van der Waals surface area contributed by atoms with Gasteiger partial charge in [-0.1, -0.05) is 65.8 Å². The zero-order chi connectivity index (χ0) is 23.9. The quantitative estimate of drug-likeness (QED) is 0.316. The highest BCUT2D eigenvalue weighted by Crippen LogP contribution is 2.32. The number of aromatic nitrogens is 4. The average molecular weight is 494 g/mol. The smallest absolute Gasteiger partial charge is 0.238 e. The van der Waals surface area contributed by atoms with Gasteiger partial charge in [-0.25, -0.2) is 4.98 Å². The van der Waals surface area contributed by atoms with Gasteiger partial charge in [0.1, 0.15) is 11.6 Å². The van der Waals surface area contributed by atoms with E-state index < -0.39 is 5.25 Å². The van der Waals surface area contributed by atoms with Gasteiger partial charge in [-0.2, -0.15) is 0 Å². The maximum Gasteiger partial charge on any atom is 0.238 e.